The molecule has 1 aliphatic heterocycles. The molecule has 8 nitrogen and oxygen atoms in total. The number of nitrogens with zero attached hydrogens (tertiary/aromatic N) is 2. The summed E-state index contributed by atoms with van der Waals surface area (Å²) < 4.78 is 6.16. The third-order valence-electron chi connectivity index (χ3n) is 16.8. The number of allylic oxidation sites excluding steroid dienone is 3. The Labute approximate surface area is 333 Å². The number of amides is 1. The number of nitrogens with one attached hydrogen (secondary N) is 1. The van der Waals surface area contributed by atoms with Gasteiger partial charge in [0, 0.05) is 12.5 Å². The normalized spacial score (nSPS) is 40.5. The Balaban J connectivity index is 0.00000111. The number of carboxylic acids is 1. The lowest BCUT2D eigenvalue weighted by Gasteiger charge is -2.72. The Morgan fingerprint density at radius 2 is 1.60 bits per heavy atom. The van der Waals surface area contributed by atoms with Crippen molar-refractivity contribution in [1.82, 2.24) is 10.2 Å². The van der Waals surface area contributed by atoms with Gasteiger partial charge in [0.25, 0.3) is 0 Å². The number of carbonyl (C=O) groups excluding carboxylic acids is 2. The first-order chi connectivity index (χ1) is 25.8. The van der Waals surface area contributed by atoms with Crippen LogP contribution >= 0.6 is 0 Å². The summed E-state index contributed by atoms with van der Waals surface area (Å²) in [6.45, 7) is 25.3. The van der Waals surface area contributed by atoms with Crippen molar-refractivity contribution < 1.29 is 24.2 Å². The number of esters is 1. The van der Waals surface area contributed by atoms with Gasteiger partial charge in [-0.25, -0.2) is 0 Å². The second-order valence-electron chi connectivity index (χ2n) is 20.0. The van der Waals surface area contributed by atoms with E-state index < -0.39 is 17.4 Å². The molecule has 5 saturated carbocycles. The van der Waals surface area contributed by atoms with Gasteiger partial charge in [0.2, 0.25) is 5.91 Å². The van der Waals surface area contributed by atoms with Crippen LogP contribution in [0.1, 0.15) is 146 Å². The van der Waals surface area contributed by atoms with E-state index in [0.29, 0.717) is 30.2 Å². The number of rotatable bonds is 7. The van der Waals surface area contributed by atoms with Gasteiger partial charge in [0.05, 0.1) is 35.9 Å². The maximum absolute atomic E-state index is 14.4. The molecule has 2 N–H and O–H groups in total. The predicted octanol–water partition coefficient (Wildman–Crippen LogP) is 9.80. The smallest absolute Gasteiger partial charge is 0.309 e. The third-order valence-corrected chi connectivity index (χ3v) is 16.8. The van der Waals surface area contributed by atoms with Crippen LogP contribution in [0.4, 0.5) is 0 Å². The highest BCUT2D eigenvalue weighted by Gasteiger charge is 2.71. The summed E-state index contributed by atoms with van der Waals surface area (Å²) in [6, 6.07) is 0.392. The fourth-order valence-electron chi connectivity index (χ4n) is 13.8. The number of carbonyl (C=O) groups is 3. The van der Waals surface area contributed by atoms with Gasteiger partial charge in [-0.2, -0.15) is 0 Å². The molecule has 0 aromatic heterocycles. The molecule has 7 aliphatic rings. The summed E-state index contributed by atoms with van der Waals surface area (Å²) in [6.07, 6.45) is 21.9. The van der Waals surface area contributed by atoms with Crippen molar-refractivity contribution in [1.29, 1.82) is 0 Å². The van der Waals surface area contributed by atoms with Crippen LogP contribution in [0.3, 0.4) is 0 Å². The second kappa shape index (κ2) is 15.8. The topological polar surface area (TPSA) is 108 Å². The van der Waals surface area contributed by atoms with Gasteiger partial charge in [-0.15, -0.1) is 6.58 Å². The van der Waals surface area contributed by atoms with Gasteiger partial charge >= 0.3 is 11.9 Å². The molecule has 10 unspecified atom stereocenters. The first-order valence-electron chi connectivity index (χ1n) is 21.7. The SMILES string of the molecule is C=CC.CC.CN1C(CNC(=O)C23CCCC2C2CCC4C5(C)CCC(OC(=O)CC(C)(C)C(=O)O)C(C)(C)C5CCC4(C)[C@]2(C)CC3)=NC2C=CC=CC21. The molecule has 8 heteroatoms. The van der Waals surface area contributed by atoms with Crippen molar-refractivity contribution in [3.05, 3.63) is 37.0 Å². The number of fused-ring (bicyclic) bond motifs is 8. The van der Waals surface area contributed by atoms with Crippen LogP contribution in [-0.4, -0.2) is 65.5 Å². The van der Waals surface area contributed by atoms with Crippen LogP contribution in [-0.2, 0) is 19.1 Å². The fourth-order valence-corrected chi connectivity index (χ4v) is 13.8. The number of aliphatic carboxylic acids is 1. The molecule has 0 aromatic rings. The molecule has 6 aliphatic carbocycles. The van der Waals surface area contributed by atoms with E-state index in [1.54, 1.807) is 19.9 Å². The zero-order valence-electron chi connectivity index (χ0n) is 36.3. The Hall–Kier alpha value is -2.90. The van der Waals surface area contributed by atoms with E-state index in [1.165, 1.54) is 19.3 Å². The summed E-state index contributed by atoms with van der Waals surface area (Å²) in [4.78, 5) is 46.3. The fraction of sp³-hybridized carbons (Fsp3) is 0.787. The summed E-state index contributed by atoms with van der Waals surface area (Å²) in [5, 5.41) is 13.0. The minimum absolute atomic E-state index is 0.111. The average Bonchev–Trinajstić information content (AvgIpc) is 3.71. The number of likely N-dealkylation sites (N-methyl/N-ethyl adjacent to an activating group) is 1. The monoisotopic (exact) mass is 762 g/mol. The van der Waals surface area contributed by atoms with Crippen molar-refractivity contribution in [2.24, 2.45) is 61.2 Å². The second-order valence-corrected chi connectivity index (χ2v) is 20.0. The van der Waals surface area contributed by atoms with Crippen LogP contribution in [0.5, 0.6) is 0 Å². The zero-order valence-corrected chi connectivity index (χ0v) is 36.3. The van der Waals surface area contributed by atoms with E-state index in [1.807, 2.05) is 20.8 Å². The van der Waals surface area contributed by atoms with Crippen molar-refractivity contribution >= 4 is 23.7 Å². The number of carboxylic acid groups (broad SMARTS) is 1. The molecule has 0 radical (unpaired) electrons. The van der Waals surface area contributed by atoms with E-state index >= 15 is 0 Å². The van der Waals surface area contributed by atoms with Crippen LogP contribution in [0.25, 0.3) is 0 Å². The quantitative estimate of drug-likeness (QED) is 0.198. The molecule has 1 amide bonds. The van der Waals surface area contributed by atoms with Crippen LogP contribution < -0.4 is 5.32 Å². The molecule has 0 bridgehead atoms. The van der Waals surface area contributed by atoms with Gasteiger partial charge in [-0.05, 0) is 125 Å². The van der Waals surface area contributed by atoms with Crippen LogP contribution in [0.15, 0.2) is 42.0 Å². The zero-order chi connectivity index (χ0) is 40.8. The highest BCUT2D eigenvalue weighted by molar-refractivity contribution is 5.92. The lowest BCUT2D eigenvalue weighted by molar-refractivity contribution is -0.247. The van der Waals surface area contributed by atoms with Crippen LogP contribution in [0.2, 0.25) is 0 Å². The van der Waals surface area contributed by atoms with E-state index in [4.69, 9.17) is 9.73 Å². The summed E-state index contributed by atoms with van der Waals surface area (Å²) in [5.74, 6) is 1.88. The molecular formula is C47H75N3O5. The van der Waals surface area contributed by atoms with Gasteiger partial charge < -0.3 is 20.1 Å². The van der Waals surface area contributed by atoms with E-state index in [9.17, 15) is 19.5 Å². The minimum Gasteiger partial charge on any atom is -0.481 e. The summed E-state index contributed by atoms with van der Waals surface area (Å²) in [5.41, 5.74) is -1.08. The Morgan fingerprint density at radius 3 is 2.25 bits per heavy atom. The Bertz CT molecular complexity index is 1560. The molecule has 5 fully saturated rings. The van der Waals surface area contributed by atoms with Gasteiger partial charge in [-0.3, -0.25) is 19.4 Å². The lowest BCUT2D eigenvalue weighted by Crippen LogP contribution is -2.67. The lowest BCUT2D eigenvalue weighted by atomic mass is 9.32. The summed E-state index contributed by atoms with van der Waals surface area (Å²) >= 11 is 0. The minimum atomic E-state index is -1.14. The van der Waals surface area contributed by atoms with Crippen molar-refractivity contribution in [3.8, 4) is 0 Å². The summed E-state index contributed by atoms with van der Waals surface area (Å²) in [7, 11) is 2.10. The molecule has 1 heterocycles. The van der Waals surface area contributed by atoms with Crippen LogP contribution in [0, 0.1) is 56.2 Å². The number of aliphatic imine (C=N–C) groups is 1. The highest BCUT2D eigenvalue weighted by Crippen LogP contribution is 2.77. The average molecular weight is 762 g/mol. The number of ether oxygens (including phenoxy) is 1. The highest BCUT2D eigenvalue weighted by atomic mass is 16.5. The van der Waals surface area contributed by atoms with Crippen molar-refractivity contribution in [2.75, 3.05) is 13.6 Å². The van der Waals surface area contributed by atoms with E-state index in [0.717, 1.165) is 57.2 Å². The molecule has 0 spiro atoms. The number of hydrogen-bond acceptors (Lipinski definition) is 6. The van der Waals surface area contributed by atoms with E-state index in [-0.39, 0.29) is 57.6 Å². The number of amidine groups is 1. The number of hydrogen-bond donors (Lipinski definition) is 2. The third kappa shape index (κ3) is 7.06. The molecule has 11 atom stereocenters. The molecule has 0 saturated heterocycles. The maximum atomic E-state index is 14.4. The van der Waals surface area contributed by atoms with Gasteiger partial charge in [0.1, 0.15) is 11.9 Å². The molecule has 7 rings (SSSR count). The van der Waals surface area contributed by atoms with Gasteiger partial charge in [-0.1, -0.05) is 85.3 Å². The molecule has 0 aromatic carbocycles. The first kappa shape index (κ1) is 43.2. The molecular weight excluding hydrogens is 687 g/mol. The first-order valence-corrected chi connectivity index (χ1v) is 21.7. The van der Waals surface area contributed by atoms with E-state index in [2.05, 4.69) is 82.8 Å². The standard InChI is InChI=1S/C42H63N3O5.C3H6.C2H6/c1-37(2,36(48)49)24-34(46)50-32-18-20-39(5)30(38(32,3)4)17-21-41(7)31(39)16-15-26-27-12-11-19-42(27,23-22-40(26,41)6)35(47)43-25-33-44-28-13-9-10-14-29(28)45(33)8;1-3-2;1-2/h9-10,13-14,26-32H,11-12,15-25H2,1-8H3,(H,43,47)(H,48,49);3H,1H2,2H3;1-2H3/t26?,27?,28?,29?,30?,31?,32?,39?,40-,41?,42?;;/m1../s1. The van der Waals surface area contributed by atoms with Gasteiger partial charge in [0.15, 0.2) is 0 Å². The van der Waals surface area contributed by atoms with Crippen molar-refractivity contribution in [3.63, 3.8) is 0 Å². The Kier molecular flexibility index (Phi) is 12.4. The Morgan fingerprint density at radius 1 is 0.927 bits per heavy atom. The molecule has 55 heavy (non-hydrogen) atoms. The maximum Gasteiger partial charge on any atom is 0.309 e. The van der Waals surface area contributed by atoms with Crippen molar-refractivity contribution in [2.45, 2.75) is 164 Å². The largest absolute Gasteiger partial charge is 0.481 e. The molecule has 308 valence electrons. The predicted molar refractivity (Wildman–Crippen MR) is 222 cm³/mol.